The summed E-state index contributed by atoms with van der Waals surface area (Å²) in [5.74, 6) is -0.224. The Balaban J connectivity index is 2.30. The molecule has 3 nitrogen and oxygen atoms in total. The highest BCUT2D eigenvalue weighted by molar-refractivity contribution is 9.10. The van der Waals surface area contributed by atoms with Gasteiger partial charge in [0.2, 0.25) is 0 Å². The number of benzene rings is 2. The van der Waals surface area contributed by atoms with Gasteiger partial charge >= 0.3 is 5.97 Å². The van der Waals surface area contributed by atoms with Crippen LogP contribution < -0.4 is 4.90 Å². The zero-order chi connectivity index (χ0) is 17.7. The van der Waals surface area contributed by atoms with Crippen molar-refractivity contribution < 1.29 is 9.53 Å². The van der Waals surface area contributed by atoms with Crippen LogP contribution in [0, 0.1) is 0 Å². The third kappa shape index (κ3) is 5.10. The summed E-state index contributed by atoms with van der Waals surface area (Å²) >= 11 is 3.59. The highest BCUT2D eigenvalue weighted by Crippen LogP contribution is 2.25. The maximum absolute atomic E-state index is 12.6. The first kappa shape index (κ1) is 18.5. The lowest BCUT2D eigenvalue weighted by atomic mass is 10.1. The van der Waals surface area contributed by atoms with Crippen LogP contribution in [0.1, 0.15) is 33.3 Å². The van der Waals surface area contributed by atoms with Gasteiger partial charge in [-0.05, 0) is 51.5 Å². The molecule has 0 amide bonds. The highest BCUT2D eigenvalue weighted by Gasteiger charge is 2.27. The van der Waals surface area contributed by atoms with Crippen LogP contribution in [0.15, 0.2) is 59.1 Å². The van der Waals surface area contributed by atoms with Gasteiger partial charge in [-0.2, -0.15) is 0 Å². The van der Waals surface area contributed by atoms with Crippen molar-refractivity contribution in [2.75, 3.05) is 4.90 Å². The van der Waals surface area contributed by atoms with E-state index < -0.39 is 11.6 Å². The molecule has 0 saturated heterocycles. The van der Waals surface area contributed by atoms with Gasteiger partial charge in [0.15, 0.2) is 0 Å². The zero-order valence-electron chi connectivity index (χ0n) is 14.6. The van der Waals surface area contributed by atoms with Crippen molar-refractivity contribution in [3.63, 3.8) is 0 Å². The van der Waals surface area contributed by atoms with Crippen LogP contribution >= 0.6 is 15.9 Å². The molecule has 0 spiro atoms. The molecule has 4 heteroatoms. The van der Waals surface area contributed by atoms with Crippen molar-refractivity contribution in [1.29, 1.82) is 0 Å². The predicted molar refractivity (Wildman–Crippen MR) is 102 cm³/mol. The molecule has 1 unspecified atom stereocenters. The number of ether oxygens (including phenoxy) is 1. The van der Waals surface area contributed by atoms with Crippen molar-refractivity contribution in [2.24, 2.45) is 0 Å². The lowest BCUT2D eigenvalue weighted by molar-refractivity contribution is -0.156. The van der Waals surface area contributed by atoms with E-state index in [1.807, 2.05) is 76.2 Å². The quantitative estimate of drug-likeness (QED) is 0.659. The average molecular weight is 390 g/mol. The number of para-hydroxylation sites is 1. The van der Waals surface area contributed by atoms with E-state index in [1.165, 1.54) is 0 Å². The van der Waals surface area contributed by atoms with Crippen LogP contribution in [0.5, 0.6) is 0 Å². The Bertz CT molecular complexity index is 680. The van der Waals surface area contributed by atoms with E-state index in [-0.39, 0.29) is 5.97 Å². The lowest BCUT2D eigenvalue weighted by Crippen LogP contribution is -2.42. The minimum Gasteiger partial charge on any atom is -0.458 e. The molecule has 0 N–H and O–H groups in total. The summed E-state index contributed by atoms with van der Waals surface area (Å²) in [4.78, 5) is 14.6. The molecule has 0 fully saturated rings. The summed E-state index contributed by atoms with van der Waals surface area (Å²) in [6.07, 6.45) is 0. The average Bonchev–Trinajstić information content (AvgIpc) is 2.53. The van der Waals surface area contributed by atoms with E-state index in [4.69, 9.17) is 4.74 Å². The van der Waals surface area contributed by atoms with E-state index >= 15 is 0 Å². The molecule has 1 atom stereocenters. The third-order valence-electron chi connectivity index (χ3n) is 3.60. The Kier molecular flexibility index (Phi) is 6.05. The van der Waals surface area contributed by atoms with Gasteiger partial charge in [-0.15, -0.1) is 0 Å². The summed E-state index contributed by atoms with van der Waals surface area (Å²) in [6, 6.07) is 17.6. The molecule has 128 valence electrons. The van der Waals surface area contributed by atoms with Crippen molar-refractivity contribution in [2.45, 2.75) is 45.9 Å². The fourth-order valence-electron chi connectivity index (χ4n) is 2.40. The van der Waals surface area contributed by atoms with Gasteiger partial charge in [-0.25, -0.2) is 4.79 Å². The molecule has 0 saturated carbocycles. The predicted octanol–water partition coefficient (Wildman–Crippen LogP) is 5.19. The lowest BCUT2D eigenvalue weighted by Gasteiger charge is -2.32. The molecule has 0 aliphatic rings. The summed E-state index contributed by atoms with van der Waals surface area (Å²) < 4.78 is 6.61. The van der Waals surface area contributed by atoms with Gasteiger partial charge < -0.3 is 9.64 Å². The Morgan fingerprint density at radius 3 is 2.25 bits per heavy atom. The number of rotatable bonds is 5. The molecule has 0 bridgehead atoms. The Hall–Kier alpha value is -1.81. The highest BCUT2D eigenvalue weighted by atomic mass is 79.9. The largest absolute Gasteiger partial charge is 0.458 e. The fraction of sp³-hybridized carbons (Fsp3) is 0.350. The Morgan fingerprint density at radius 1 is 1.08 bits per heavy atom. The minimum absolute atomic E-state index is 0.224. The summed E-state index contributed by atoms with van der Waals surface area (Å²) in [6.45, 7) is 8.17. The molecular formula is C20H24BrNO2. The molecule has 0 radical (unpaired) electrons. The van der Waals surface area contributed by atoms with Crippen LogP contribution in [0.2, 0.25) is 0 Å². The molecule has 2 rings (SSSR count). The molecule has 0 aliphatic heterocycles. The molecular weight excluding hydrogens is 366 g/mol. The standard InChI is InChI=1S/C20H24BrNO2/c1-15(19(23)24-20(2,3)4)22(17-11-6-5-7-12-17)14-16-10-8-9-13-18(16)21/h5-13,15H,14H2,1-4H3. The summed E-state index contributed by atoms with van der Waals surface area (Å²) in [5.41, 5.74) is 1.62. The summed E-state index contributed by atoms with van der Waals surface area (Å²) in [7, 11) is 0. The number of nitrogens with zero attached hydrogens (tertiary/aromatic N) is 1. The van der Waals surface area contributed by atoms with Crippen LogP contribution in [0.4, 0.5) is 5.69 Å². The molecule has 0 aliphatic carbocycles. The molecule has 0 heterocycles. The van der Waals surface area contributed by atoms with E-state index in [2.05, 4.69) is 26.9 Å². The number of anilines is 1. The van der Waals surface area contributed by atoms with Crippen LogP contribution in [0.25, 0.3) is 0 Å². The molecule has 2 aromatic carbocycles. The van der Waals surface area contributed by atoms with Gasteiger partial charge in [0, 0.05) is 16.7 Å². The Labute approximate surface area is 152 Å². The molecule has 0 aromatic heterocycles. The Morgan fingerprint density at radius 2 is 1.67 bits per heavy atom. The van der Waals surface area contributed by atoms with E-state index in [0.717, 1.165) is 15.7 Å². The number of hydrogen-bond acceptors (Lipinski definition) is 3. The van der Waals surface area contributed by atoms with Crippen LogP contribution in [0.3, 0.4) is 0 Å². The van der Waals surface area contributed by atoms with Crippen molar-refractivity contribution in [3.8, 4) is 0 Å². The topological polar surface area (TPSA) is 29.5 Å². The van der Waals surface area contributed by atoms with E-state index in [1.54, 1.807) is 0 Å². The first-order chi connectivity index (χ1) is 11.3. The second-order valence-corrected chi connectivity index (χ2v) is 7.62. The van der Waals surface area contributed by atoms with Crippen molar-refractivity contribution >= 4 is 27.6 Å². The zero-order valence-corrected chi connectivity index (χ0v) is 16.2. The maximum Gasteiger partial charge on any atom is 0.329 e. The van der Waals surface area contributed by atoms with Crippen molar-refractivity contribution in [1.82, 2.24) is 0 Å². The van der Waals surface area contributed by atoms with Gasteiger partial charge in [0.25, 0.3) is 0 Å². The van der Waals surface area contributed by atoms with Gasteiger partial charge in [0.05, 0.1) is 0 Å². The monoisotopic (exact) mass is 389 g/mol. The molecule has 24 heavy (non-hydrogen) atoms. The van der Waals surface area contributed by atoms with Gasteiger partial charge in [-0.3, -0.25) is 0 Å². The van der Waals surface area contributed by atoms with Gasteiger partial charge in [-0.1, -0.05) is 52.3 Å². The normalized spacial score (nSPS) is 12.5. The third-order valence-corrected chi connectivity index (χ3v) is 4.38. The number of carbonyl (C=O) groups is 1. The molecule has 2 aromatic rings. The number of hydrogen-bond donors (Lipinski definition) is 0. The second-order valence-electron chi connectivity index (χ2n) is 6.76. The smallest absolute Gasteiger partial charge is 0.329 e. The number of halogens is 1. The van der Waals surface area contributed by atoms with E-state index in [9.17, 15) is 4.79 Å². The first-order valence-electron chi connectivity index (χ1n) is 8.06. The SMILES string of the molecule is CC(C(=O)OC(C)(C)C)N(Cc1ccccc1Br)c1ccccc1. The van der Waals surface area contributed by atoms with Gasteiger partial charge in [0.1, 0.15) is 11.6 Å². The summed E-state index contributed by atoms with van der Waals surface area (Å²) in [5, 5.41) is 0. The van der Waals surface area contributed by atoms with E-state index in [0.29, 0.717) is 6.54 Å². The minimum atomic E-state index is -0.499. The van der Waals surface area contributed by atoms with Crippen LogP contribution in [-0.2, 0) is 16.1 Å². The fourth-order valence-corrected chi connectivity index (χ4v) is 2.81. The van der Waals surface area contributed by atoms with Crippen LogP contribution in [-0.4, -0.2) is 17.6 Å². The first-order valence-corrected chi connectivity index (χ1v) is 8.85. The van der Waals surface area contributed by atoms with Crippen molar-refractivity contribution in [3.05, 3.63) is 64.6 Å². The second kappa shape index (κ2) is 7.84. The maximum atomic E-state index is 12.6. The number of esters is 1. The number of carbonyl (C=O) groups excluding carboxylic acids is 1.